The van der Waals surface area contributed by atoms with Crippen molar-refractivity contribution in [1.82, 2.24) is 4.90 Å². The number of aryl methyl sites for hydroxylation is 1. The summed E-state index contributed by atoms with van der Waals surface area (Å²) in [5.41, 5.74) is 1.99. The summed E-state index contributed by atoms with van der Waals surface area (Å²) in [5.74, 6) is 0. The Hall–Kier alpha value is -1.53. The fourth-order valence-electron chi connectivity index (χ4n) is 3.53. The van der Waals surface area contributed by atoms with Crippen LogP contribution in [-0.4, -0.2) is 41.0 Å². The fraction of sp³-hybridized carbons (Fsp3) is 0.696. The van der Waals surface area contributed by atoms with E-state index in [-0.39, 0.29) is 23.3 Å². The highest BCUT2D eigenvalue weighted by Gasteiger charge is 2.51. The second-order valence-electron chi connectivity index (χ2n) is 10.5. The first-order valence-corrected chi connectivity index (χ1v) is 10.7. The van der Waals surface area contributed by atoms with Crippen LogP contribution in [0.1, 0.15) is 78.9 Å². The van der Waals surface area contributed by atoms with Crippen LogP contribution in [0, 0.1) is 6.92 Å². The van der Waals surface area contributed by atoms with Crippen LogP contribution in [-0.2, 0) is 20.6 Å². The lowest BCUT2D eigenvalue weighted by atomic mass is 9.77. The average Bonchev–Trinajstić information content (AvgIpc) is 2.73. The molecule has 1 saturated heterocycles. The SMILES string of the molecule is Cc1ccc(B2OC(C)(C)C(C)(C)O2)cc1CN(C(=O)OC(C)(C)C)C1CCC1. The van der Waals surface area contributed by atoms with Crippen molar-refractivity contribution in [3.8, 4) is 0 Å². The van der Waals surface area contributed by atoms with Gasteiger partial charge in [0.2, 0.25) is 0 Å². The molecule has 3 rings (SSSR count). The van der Waals surface area contributed by atoms with E-state index in [1.54, 1.807) is 0 Å². The molecule has 0 bridgehead atoms. The topological polar surface area (TPSA) is 48.0 Å². The fourth-order valence-corrected chi connectivity index (χ4v) is 3.53. The Morgan fingerprint density at radius 3 is 2.24 bits per heavy atom. The molecule has 1 aliphatic heterocycles. The third-order valence-electron chi connectivity index (χ3n) is 6.38. The quantitative estimate of drug-likeness (QED) is 0.693. The smallest absolute Gasteiger partial charge is 0.444 e. The van der Waals surface area contributed by atoms with Gasteiger partial charge >= 0.3 is 13.2 Å². The van der Waals surface area contributed by atoms with E-state index < -0.39 is 12.7 Å². The molecule has 1 heterocycles. The van der Waals surface area contributed by atoms with Crippen molar-refractivity contribution in [3.05, 3.63) is 29.3 Å². The van der Waals surface area contributed by atoms with Crippen molar-refractivity contribution < 1.29 is 18.8 Å². The number of hydrogen-bond donors (Lipinski definition) is 0. The van der Waals surface area contributed by atoms with Crippen LogP contribution < -0.4 is 5.46 Å². The van der Waals surface area contributed by atoms with Crippen LogP contribution >= 0.6 is 0 Å². The molecule has 1 aliphatic carbocycles. The van der Waals surface area contributed by atoms with Crippen LogP contribution in [0.4, 0.5) is 4.79 Å². The molecule has 29 heavy (non-hydrogen) atoms. The number of amides is 1. The summed E-state index contributed by atoms with van der Waals surface area (Å²) in [7, 11) is -0.405. The Morgan fingerprint density at radius 2 is 1.76 bits per heavy atom. The number of rotatable bonds is 4. The summed E-state index contributed by atoms with van der Waals surface area (Å²) in [6.45, 7) is 16.6. The molecule has 160 valence electrons. The molecule has 2 fully saturated rings. The maximum atomic E-state index is 12.9. The molecular weight excluding hydrogens is 365 g/mol. The molecule has 0 atom stereocenters. The lowest BCUT2D eigenvalue weighted by Crippen LogP contribution is -2.46. The first-order valence-electron chi connectivity index (χ1n) is 10.7. The zero-order chi connectivity index (χ0) is 21.6. The summed E-state index contributed by atoms with van der Waals surface area (Å²) in [4.78, 5) is 14.8. The number of ether oxygens (including phenoxy) is 1. The molecule has 5 nitrogen and oxygen atoms in total. The van der Waals surface area contributed by atoms with Gasteiger partial charge in [-0.05, 0) is 91.2 Å². The van der Waals surface area contributed by atoms with Gasteiger partial charge in [-0.2, -0.15) is 0 Å². The first-order chi connectivity index (χ1) is 13.3. The third-order valence-corrected chi connectivity index (χ3v) is 6.38. The van der Waals surface area contributed by atoms with Crippen LogP contribution in [0.2, 0.25) is 0 Å². The number of nitrogens with zero attached hydrogens (tertiary/aromatic N) is 1. The maximum absolute atomic E-state index is 12.9. The molecule has 1 aromatic carbocycles. The summed E-state index contributed by atoms with van der Waals surface area (Å²) < 4.78 is 18.1. The normalized spacial score (nSPS) is 21.0. The average molecular weight is 401 g/mol. The highest BCUT2D eigenvalue weighted by atomic mass is 16.7. The Labute approximate surface area is 176 Å². The summed E-state index contributed by atoms with van der Waals surface area (Å²) in [6, 6.07) is 6.52. The van der Waals surface area contributed by atoms with Crippen molar-refractivity contribution in [2.75, 3.05) is 0 Å². The predicted molar refractivity (Wildman–Crippen MR) is 116 cm³/mol. The highest BCUT2D eigenvalue weighted by molar-refractivity contribution is 6.62. The van der Waals surface area contributed by atoms with Gasteiger partial charge in [-0.1, -0.05) is 18.2 Å². The van der Waals surface area contributed by atoms with Gasteiger partial charge in [0.05, 0.1) is 11.2 Å². The number of carbonyl (C=O) groups excluding carboxylic acids is 1. The van der Waals surface area contributed by atoms with E-state index in [0.717, 1.165) is 35.9 Å². The van der Waals surface area contributed by atoms with Crippen molar-refractivity contribution >= 4 is 18.7 Å². The molecule has 1 saturated carbocycles. The zero-order valence-electron chi connectivity index (χ0n) is 19.3. The van der Waals surface area contributed by atoms with Gasteiger partial charge < -0.3 is 18.9 Å². The van der Waals surface area contributed by atoms with Crippen LogP contribution in [0.3, 0.4) is 0 Å². The second kappa shape index (κ2) is 7.62. The van der Waals surface area contributed by atoms with Crippen LogP contribution in [0.15, 0.2) is 18.2 Å². The largest absolute Gasteiger partial charge is 0.494 e. The summed E-state index contributed by atoms with van der Waals surface area (Å²) in [6.07, 6.45) is 3.00. The van der Waals surface area contributed by atoms with Gasteiger partial charge in [-0.3, -0.25) is 0 Å². The van der Waals surface area contributed by atoms with Crippen molar-refractivity contribution in [3.63, 3.8) is 0 Å². The molecule has 1 aromatic rings. The van der Waals surface area contributed by atoms with Gasteiger partial charge in [0.1, 0.15) is 5.60 Å². The molecule has 0 aromatic heterocycles. The highest BCUT2D eigenvalue weighted by Crippen LogP contribution is 2.36. The van der Waals surface area contributed by atoms with E-state index in [0.29, 0.717) is 6.54 Å². The molecule has 0 unspecified atom stereocenters. The summed E-state index contributed by atoms with van der Waals surface area (Å²) >= 11 is 0. The minimum absolute atomic E-state index is 0.234. The minimum Gasteiger partial charge on any atom is -0.444 e. The maximum Gasteiger partial charge on any atom is 0.494 e. The van der Waals surface area contributed by atoms with Gasteiger partial charge in [-0.15, -0.1) is 0 Å². The number of carbonyl (C=O) groups is 1. The summed E-state index contributed by atoms with van der Waals surface area (Å²) in [5, 5.41) is 0. The van der Waals surface area contributed by atoms with Crippen molar-refractivity contribution in [2.45, 2.75) is 104 Å². The number of benzene rings is 1. The first kappa shape index (κ1) is 22.2. The van der Waals surface area contributed by atoms with E-state index in [1.807, 2.05) is 25.7 Å². The monoisotopic (exact) mass is 401 g/mol. The molecule has 0 spiro atoms. The van der Waals surface area contributed by atoms with Gasteiger partial charge in [-0.25, -0.2) is 4.79 Å². The lowest BCUT2D eigenvalue weighted by Gasteiger charge is -2.38. The van der Waals surface area contributed by atoms with Gasteiger partial charge in [0, 0.05) is 12.6 Å². The van der Waals surface area contributed by atoms with Crippen molar-refractivity contribution in [1.29, 1.82) is 0 Å². The standard InChI is InChI=1S/C23H36BNO4/c1-16-12-13-18(24-28-22(5,6)23(7,8)29-24)14-17(16)15-25(19-10-9-11-19)20(26)27-21(2,3)4/h12-14,19H,9-11,15H2,1-8H3. The van der Waals surface area contributed by atoms with E-state index in [2.05, 4.69) is 52.8 Å². The molecular formula is C23H36BNO4. The van der Waals surface area contributed by atoms with Crippen LogP contribution in [0.25, 0.3) is 0 Å². The molecule has 0 radical (unpaired) electrons. The Kier molecular flexibility index (Phi) is 5.83. The van der Waals surface area contributed by atoms with Crippen molar-refractivity contribution in [2.24, 2.45) is 0 Å². The van der Waals surface area contributed by atoms with Crippen LogP contribution in [0.5, 0.6) is 0 Å². The molecule has 6 heteroatoms. The second-order valence-corrected chi connectivity index (χ2v) is 10.5. The van der Waals surface area contributed by atoms with E-state index in [9.17, 15) is 4.79 Å². The minimum atomic E-state index is -0.501. The third kappa shape index (κ3) is 4.80. The van der Waals surface area contributed by atoms with Gasteiger partial charge in [0.25, 0.3) is 0 Å². The Balaban J connectivity index is 1.82. The zero-order valence-corrected chi connectivity index (χ0v) is 19.3. The Bertz CT molecular complexity index is 749. The molecule has 2 aliphatic rings. The number of hydrogen-bond acceptors (Lipinski definition) is 4. The van der Waals surface area contributed by atoms with Gasteiger partial charge in [0.15, 0.2) is 0 Å². The lowest BCUT2D eigenvalue weighted by molar-refractivity contribution is 0.00458. The van der Waals surface area contributed by atoms with E-state index in [4.69, 9.17) is 14.0 Å². The predicted octanol–water partition coefficient (Wildman–Crippen LogP) is 4.58. The molecule has 0 N–H and O–H groups in total. The Morgan fingerprint density at radius 1 is 1.17 bits per heavy atom. The molecule has 1 amide bonds. The van der Waals surface area contributed by atoms with E-state index >= 15 is 0 Å². The van der Waals surface area contributed by atoms with E-state index in [1.165, 1.54) is 0 Å².